The van der Waals surface area contributed by atoms with E-state index >= 15 is 0 Å². The lowest BCUT2D eigenvalue weighted by molar-refractivity contribution is 0.292. The number of ether oxygens (including phenoxy) is 1. The molecule has 2 aromatic carbocycles. The first kappa shape index (κ1) is 19.1. The average Bonchev–Trinajstić information content (AvgIpc) is 3.06. The fourth-order valence-corrected chi connectivity index (χ4v) is 3.11. The van der Waals surface area contributed by atoms with Crippen LogP contribution in [0.15, 0.2) is 53.5 Å². The molecule has 0 atom stereocenters. The van der Waals surface area contributed by atoms with Crippen molar-refractivity contribution < 1.29 is 4.74 Å². The second-order valence-electron chi connectivity index (χ2n) is 6.34. The van der Waals surface area contributed by atoms with Crippen molar-refractivity contribution in [3.8, 4) is 5.75 Å². The van der Waals surface area contributed by atoms with Gasteiger partial charge in [0.1, 0.15) is 5.75 Å². The molecule has 3 rings (SSSR count). The highest BCUT2D eigenvalue weighted by molar-refractivity contribution is 5.83. The Labute approximate surface area is 161 Å². The maximum Gasteiger partial charge on any atom is 0.230 e. The lowest BCUT2D eigenvalue weighted by Crippen LogP contribution is -2.26. The largest absolute Gasteiger partial charge is 0.494 e. The highest BCUT2D eigenvalue weighted by atomic mass is 16.5. The quantitative estimate of drug-likeness (QED) is 0.524. The van der Waals surface area contributed by atoms with Crippen molar-refractivity contribution in [1.82, 2.24) is 14.5 Å². The molecule has 0 aliphatic rings. The van der Waals surface area contributed by atoms with Crippen LogP contribution in [-0.2, 0) is 6.54 Å². The molecule has 27 heavy (non-hydrogen) atoms. The molecule has 0 radical (unpaired) electrons. The van der Waals surface area contributed by atoms with E-state index in [2.05, 4.69) is 40.4 Å². The minimum Gasteiger partial charge on any atom is -0.494 e. The van der Waals surface area contributed by atoms with E-state index in [0.29, 0.717) is 6.61 Å². The third-order valence-corrected chi connectivity index (χ3v) is 4.69. The second-order valence-corrected chi connectivity index (χ2v) is 6.34. The van der Waals surface area contributed by atoms with Crippen molar-refractivity contribution >= 4 is 23.2 Å². The Kier molecular flexibility index (Phi) is 6.60. The molecule has 1 heterocycles. The summed E-state index contributed by atoms with van der Waals surface area (Å²) < 4.78 is 7.70. The lowest BCUT2D eigenvalue weighted by Gasteiger charge is -2.18. The van der Waals surface area contributed by atoms with Gasteiger partial charge in [-0.05, 0) is 62.0 Å². The molecule has 0 spiro atoms. The number of nitrogens with zero attached hydrogens (tertiary/aromatic N) is 4. The Morgan fingerprint density at radius 2 is 1.78 bits per heavy atom. The number of hydrogen-bond donors (Lipinski definition) is 0. The van der Waals surface area contributed by atoms with Crippen molar-refractivity contribution in [3.63, 3.8) is 0 Å². The molecule has 0 aliphatic heterocycles. The normalized spacial score (nSPS) is 11.7. The van der Waals surface area contributed by atoms with Gasteiger partial charge in [-0.2, -0.15) is 0 Å². The number of aromatic nitrogens is 2. The fraction of sp³-hybridized carbons (Fsp3) is 0.364. The standard InChI is InChI=1S/C22H28N4O/c1-4-25(5-2)15-16-26-21-10-8-7-9-20(21)24-22(26)23-17-18-11-13-19(14-12-18)27-6-3/h7-14,17H,4-6,15-16H2,1-3H3/b23-17+. The van der Waals surface area contributed by atoms with Gasteiger partial charge in [-0.15, -0.1) is 0 Å². The first-order valence-corrected chi connectivity index (χ1v) is 9.69. The number of imidazole rings is 1. The molecule has 3 aromatic rings. The van der Waals surface area contributed by atoms with Crippen molar-refractivity contribution in [3.05, 3.63) is 54.1 Å². The van der Waals surface area contributed by atoms with E-state index in [-0.39, 0.29) is 0 Å². The molecule has 5 heteroatoms. The Balaban J connectivity index is 1.85. The minimum atomic E-state index is 0.671. The van der Waals surface area contributed by atoms with Crippen LogP contribution in [-0.4, -0.2) is 46.9 Å². The van der Waals surface area contributed by atoms with Gasteiger partial charge >= 0.3 is 0 Å². The van der Waals surface area contributed by atoms with Gasteiger partial charge in [0, 0.05) is 19.3 Å². The van der Waals surface area contributed by atoms with Gasteiger partial charge in [0.25, 0.3) is 0 Å². The van der Waals surface area contributed by atoms with E-state index in [4.69, 9.17) is 9.72 Å². The van der Waals surface area contributed by atoms with Crippen LogP contribution >= 0.6 is 0 Å². The van der Waals surface area contributed by atoms with Gasteiger partial charge in [-0.25, -0.2) is 9.98 Å². The number of benzene rings is 2. The summed E-state index contributed by atoms with van der Waals surface area (Å²) in [5.41, 5.74) is 3.14. The topological polar surface area (TPSA) is 42.7 Å². The van der Waals surface area contributed by atoms with Gasteiger partial charge in [-0.3, -0.25) is 0 Å². The average molecular weight is 364 g/mol. The van der Waals surface area contributed by atoms with Crippen LogP contribution in [0.1, 0.15) is 26.3 Å². The van der Waals surface area contributed by atoms with E-state index in [1.165, 1.54) is 0 Å². The van der Waals surface area contributed by atoms with E-state index in [0.717, 1.165) is 54.5 Å². The Morgan fingerprint density at radius 3 is 2.48 bits per heavy atom. The third-order valence-electron chi connectivity index (χ3n) is 4.69. The van der Waals surface area contributed by atoms with Gasteiger partial charge in [0.05, 0.1) is 17.6 Å². The SMILES string of the molecule is CCOc1ccc(/C=N/c2nc3ccccc3n2CCN(CC)CC)cc1. The summed E-state index contributed by atoms with van der Waals surface area (Å²) in [6, 6.07) is 16.2. The van der Waals surface area contributed by atoms with Gasteiger partial charge < -0.3 is 14.2 Å². The monoisotopic (exact) mass is 364 g/mol. The zero-order chi connectivity index (χ0) is 19.1. The lowest BCUT2D eigenvalue weighted by atomic mass is 10.2. The summed E-state index contributed by atoms with van der Waals surface area (Å²) >= 11 is 0. The number of aliphatic imine (C=N–C) groups is 1. The Morgan fingerprint density at radius 1 is 1.04 bits per heavy atom. The summed E-state index contributed by atoms with van der Waals surface area (Å²) in [5.74, 6) is 1.62. The third kappa shape index (κ3) is 4.74. The first-order valence-electron chi connectivity index (χ1n) is 9.69. The van der Waals surface area contributed by atoms with Crippen LogP contribution < -0.4 is 4.74 Å². The molecule has 0 saturated carbocycles. The number of hydrogen-bond acceptors (Lipinski definition) is 4. The molecule has 0 aliphatic carbocycles. The van der Waals surface area contributed by atoms with E-state index < -0.39 is 0 Å². The van der Waals surface area contributed by atoms with Crippen LogP contribution in [0, 0.1) is 0 Å². The van der Waals surface area contributed by atoms with E-state index in [9.17, 15) is 0 Å². The Bertz CT molecular complexity index is 879. The second kappa shape index (κ2) is 9.33. The predicted molar refractivity (Wildman–Crippen MR) is 112 cm³/mol. The molecule has 0 unspecified atom stereocenters. The predicted octanol–water partition coefficient (Wildman–Crippen LogP) is 4.53. The van der Waals surface area contributed by atoms with Crippen molar-refractivity contribution in [1.29, 1.82) is 0 Å². The van der Waals surface area contributed by atoms with Gasteiger partial charge in [-0.1, -0.05) is 26.0 Å². The number of para-hydroxylation sites is 2. The smallest absolute Gasteiger partial charge is 0.230 e. The summed E-state index contributed by atoms with van der Waals surface area (Å²) in [7, 11) is 0. The van der Waals surface area contributed by atoms with Crippen LogP contribution in [0.25, 0.3) is 11.0 Å². The van der Waals surface area contributed by atoms with Crippen molar-refractivity contribution in [2.24, 2.45) is 4.99 Å². The summed E-state index contributed by atoms with van der Waals surface area (Å²) in [5, 5.41) is 0. The minimum absolute atomic E-state index is 0.671. The highest BCUT2D eigenvalue weighted by Crippen LogP contribution is 2.22. The molecule has 142 valence electrons. The first-order chi connectivity index (χ1) is 13.2. The van der Waals surface area contributed by atoms with Crippen LogP contribution in [0.3, 0.4) is 0 Å². The van der Waals surface area contributed by atoms with Crippen molar-refractivity contribution in [2.75, 3.05) is 26.2 Å². The number of rotatable bonds is 9. The summed E-state index contributed by atoms with van der Waals surface area (Å²) in [6.07, 6.45) is 1.87. The fourth-order valence-electron chi connectivity index (χ4n) is 3.11. The maximum absolute atomic E-state index is 5.49. The zero-order valence-corrected chi connectivity index (χ0v) is 16.4. The molecule has 0 amide bonds. The molecular formula is C22H28N4O. The Hall–Kier alpha value is -2.66. The van der Waals surface area contributed by atoms with E-state index in [1.54, 1.807) is 0 Å². The molecule has 0 fully saturated rings. The molecule has 0 N–H and O–H groups in total. The molecule has 5 nitrogen and oxygen atoms in total. The summed E-state index contributed by atoms with van der Waals surface area (Å²) in [4.78, 5) is 11.8. The van der Waals surface area contributed by atoms with Crippen molar-refractivity contribution in [2.45, 2.75) is 27.3 Å². The molecule has 0 bridgehead atoms. The highest BCUT2D eigenvalue weighted by Gasteiger charge is 2.10. The van der Waals surface area contributed by atoms with Gasteiger partial charge in [0.2, 0.25) is 5.95 Å². The number of likely N-dealkylation sites (N-methyl/N-ethyl adjacent to an activating group) is 1. The number of fused-ring (bicyclic) bond motifs is 1. The van der Waals surface area contributed by atoms with E-state index in [1.807, 2.05) is 49.5 Å². The molecular weight excluding hydrogens is 336 g/mol. The maximum atomic E-state index is 5.49. The molecule has 1 aromatic heterocycles. The van der Waals surface area contributed by atoms with Crippen LogP contribution in [0.2, 0.25) is 0 Å². The zero-order valence-electron chi connectivity index (χ0n) is 16.4. The molecule has 0 saturated heterocycles. The van der Waals surface area contributed by atoms with Crippen LogP contribution in [0.4, 0.5) is 5.95 Å². The van der Waals surface area contributed by atoms with Gasteiger partial charge in [0.15, 0.2) is 0 Å². The summed E-state index contributed by atoms with van der Waals surface area (Å²) in [6.45, 7) is 11.0. The van der Waals surface area contributed by atoms with Crippen LogP contribution in [0.5, 0.6) is 5.75 Å².